The number of hydrogen-bond acceptors (Lipinski definition) is 1. The van der Waals surface area contributed by atoms with E-state index in [-0.39, 0.29) is 5.92 Å². The minimum Gasteiger partial charge on any atom is -0.481 e. The smallest absolute Gasteiger partial charge is 0.306 e. The minimum atomic E-state index is -0.639. The topological polar surface area (TPSA) is 37.3 Å². The normalized spacial score (nSPS) is 12.4. The SMILES string of the molecule is C=C(C)CCCCCCC(CC)C(=O)O. The van der Waals surface area contributed by atoms with Gasteiger partial charge in [-0.1, -0.05) is 31.8 Å². The second-order valence-corrected chi connectivity index (χ2v) is 4.35. The quantitative estimate of drug-likeness (QED) is 0.463. The molecule has 0 heterocycles. The first-order valence-corrected chi connectivity index (χ1v) is 5.95. The molecule has 88 valence electrons. The van der Waals surface area contributed by atoms with Crippen molar-refractivity contribution in [3.63, 3.8) is 0 Å². The Labute approximate surface area is 93.4 Å². The first kappa shape index (κ1) is 14.2. The molecule has 2 heteroatoms. The summed E-state index contributed by atoms with van der Waals surface area (Å²) in [7, 11) is 0. The molecule has 0 saturated carbocycles. The van der Waals surface area contributed by atoms with Crippen molar-refractivity contribution < 1.29 is 9.90 Å². The van der Waals surface area contributed by atoms with Crippen LogP contribution in [0.2, 0.25) is 0 Å². The Morgan fingerprint density at radius 3 is 2.33 bits per heavy atom. The van der Waals surface area contributed by atoms with Gasteiger partial charge in [0.2, 0.25) is 0 Å². The molecule has 2 nitrogen and oxygen atoms in total. The van der Waals surface area contributed by atoms with E-state index in [0.29, 0.717) is 0 Å². The van der Waals surface area contributed by atoms with Gasteiger partial charge in [-0.2, -0.15) is 0 Å². The van der Waals surface area contributed by atoms with Gasteiger partial charge in [-0.3, -0.25) is 4.79 Å². The molecule has 0 aromatic carbocycles. The lowest BCUT2D eigenvalue weighted by molar-refractivity contribution is -0.142. The number of aliphatic carboxylic acids is 1. The molecule has 0 aromatic heterocycles. The van der Waals surface area contributed by atoms with Gasteiger partial charge in [0.1, 0.15) is 0 Å². The summed E-state index contributed by atoms with van der Waals surface area (Å²) in [5, 5.41) is 8.84. The zero-order chi connectivity index (χ0) is 11.7. The lowest BCUT2D eigenvalue weighted by atomic mass is 9.98. The van der Waals surface area contributed by atoms with Gasteiger partial charge in [-0.15, -0.1) is 6.58 Å². The maximum atomic E-state index is 10.7. The summed E-state index contributed by atoms with van der Waals surface area (Å²) in [5.74, 6) is -0.773. The molecule has 0 aliphatic rings. The van der Waals surface area contributed by atoms with E-state index in [1.165, 1.54) is 18.4 Å². The maximum absolute atomic E-state index is 10.7. The van der Waals surface area contributed by atoms with E-state index in [1.54, 1.807) is 0 Å². The molecule has 0 bridgehead atoms. The van der Waals surface area contributed by atoms with Crippen LogP contribution in [-0.4, -0.2) is 11.1 Å². The van der Waals surface area contributed by atoms with Crippen molar-refractivity contribution in [2.75, 3.05) is 0 Å². The fourth-order valence-electron chi connectivity index (χ4n) is 1.67. The Morgan fingerprint density at radius 2 is 1.87 bits per heavy atom. The molecule has 0 aromatic rings. The Morgan fingerprint density at radius 1 is 1.27 bits per heavy atom. The van der Waals surface area contributed by atoms with Crippen molar-refractivity contribution in [1.29, 1.82) is 0 Å². The van der Waals surface area contributed by atoms with Crippen molar-refractivity contribution in [3.05, 3.63) is 12.2 Å². The number of carboxylic acid groups (broad SMARTS) is 1. The van der Waals surface area contributed by atoms with Crippen molar-refractivity contribution in [2.45, 2.75) is 58.8 Å². The highest BCUT2D eigenvalue weighted by Crippen LogP contribution is 2.15. The highest BCUT2D eigenvalue weighted by atomic mass is 16.4. The monoisotopic (exact) mass is 212 g/mol. The average Bonchev–Trinajstić information content (AvgIpc) is 2.15. The van der Waals surface area contributed by atoms with E-state index in [4.69, 9.17) is 5.11 Å². The summed E-state index contributed by atoms with van der Waals surface area (Å²) < 4.78 is 0. The molecule has 1 unspecified atom stereocenters. The summed E-state index contributed by atoms with van der Waals surface area (Å²) in [5.41, 5.74) is 1.24. The maximum Gasteiger partial charge on any atom is 0.306 e. The van der Waals surface area contributed by atoms with Crippen LogP contribution in [0.1, 0.15) is 58.8 Å². The number of carboxylic acids is 1. The van der Waals surface area contributed by atoms with E-state index in [9.17, 15) is 4.79 Å². The molecular weight excluding hydrogens is 188 g/mol. The molecule has 0 rings (SSSR count). The van der Waals surface area contributed by atoms with Gasteiger partial charge >= 0.3 is 5.97 Å². The standard InChI is InChI=1S/C13H24O2/c1-4-12(13(14)15)10-8-6-5-7-9-11(2)3/h12H,2,4-10H2,1,3H3,(H,14,15). The fraction of sp³-hybridized carbons (Fsp3) is 0.769. The fourth-order valence-corrected chi connectivity index (χ4v) is 1.67. The average molecular weight is 212 g/mol. The van der Waals surface area contributed by atoms with Crippen LogP contribution < -0.4 is 0 Å². The molecule has 0 fully saturated rings. The summed E-state index contributed by atoms with van der Waals surface area (Å²) in [6, 6.07) is 0. The van der Waals surface area contributed by atoms with Crippen LogP contribution in [-0.2, 0) is 4.79 Å². The zero-order valence-corrected chi connectivity index (χ0v) is 10.1. The van der Waals surface area contributed by atoms with Gasteiger partial charge < -0.3 is 5.11 Å². The molecule has 0 amide bonds. The Balaban J connectivity index is 3.37. The third-order valence-electron chi connectivity index (χ3n) is 2.75. The van der Waals surface area contributed by atoms with Crippen LogP contribution in [0, 0.1) is 5.92 Å². The van der Waals surface area contributed by atoms with Crippen LogP contribution >= 0.6 is 0 Å². The predicted molar refractivity (Wildman–Crippen MR) is 63.9 cm³/mol. The summed E-state index contributed by atoms with van der Waals surface area (Å²) in [6.07, 6.45) is 7.27. The van der Waals surface area contributed by atoms with Crippen molar-refractivity contribution in [2.24, 2.45) is 5.92 Å². The number of hydrogen-bond donors (Lipinski definition) is 1. The van der Waals surface area contributed by atoms with Crippen LogP contribution in [0.3, 0.4) is 0 Å². The number of carbonyl (C=O) groups is 1. The largest absolute Gasteiger partial charge is 0.481 e. The Kier molecular flexibility index (Phi) is 8.06. The van der Waals surface area contributed by atoms with Gasteiger partial charge in [-0.05, 0) is 32.6 Å². The zero-order valence-electron chi connectivity index (χ0n) is 10.1. The molecule has 15 heavy (non-hydrogen) atoms. The van der Waals surface area contributed by atoms with Gasteiger partial charge in [0.25, 0.3) is 0 Å². The molecular formula is C13H24O2. The molecule has 0 aliphatic carbocycles. The van der Waals surface area contributed by atoms with Crippen molar-refractivity contribution in [3.8, 4) is 0 Å². The lowest BCUT2D eigenvalue weighted by Crippen LogP contribution is -2.12. The lowest BCUT2D eigenvalue weighted by Gasteiger charge is -2.08. The van der Waals surface area contributed by atoms with E-state index < -0.39 is 5.97 Å². The van der Waals surface area contributed by atoms with Gasteiger partial charge in [0.15, 0.2) is 0 Å². The van der Waals surface area contributed by atoms with Gasteiger partial charge in [0.05, 0.1) is 5.92 Å². The Hall–Kier alpha value is -0.790. The van der Waals surface area contributed by atoms with E-state index in [1.807, 2.05) is 6.92 Å². The third-order valence-corrected chi connectivity index (χ3v) is 2.75. The first-order valence-electron chi connectivity index (χ1n) is 5.95. The molecule has 1 N–H and O–H groups in total. The number of unbranched alkanes of at least 4 members (excludes halogenated alkanes) is 3. The van der Waals surface area contributed by atoms with Crippen molar-refractivity contribution in [1.82, 2.24) is 0 Å². The van der Waals surface area contributed by atoms with Crippen LogP contribution in [0.25, 0.3) is 0 Å². The van der Waals surface area contributed by atoms with Crippen molar-refractivity contribution >= 4 is 5.97 Å². The molecule has 0 aliphatic heterocycles. The van der Waals surface area contributed by atoms with Crippen LogP contribution in [0.4, 0.5) is 0 Å². The second-order valence-electron chi connectivity index (χ2n) is 4.35. The third kappa shape index (κ3) is 8.22. The number of allylic oxidation sites excluding steroid dienone is 1. The summed E-state index contributed by atoms with van der Waals surface area (Å²) >= 11 is 0. The summed E-state index contributed by atoms with van der Waals surface area (Å²) in [4.78, 5) is 10.7. The summed E-state index contributed by atoms with van der Waals surface area (Å²) in [6.45, 7) is 7.86. The predicted octanol–water partition coefficient (Wildman–Crippen LogP) is 4.01. The van der Waals surface area contributed by atoms with Crippen LogP contribution in [0.5, 0.6) is 0 Å². The van der Waals surface area contributed by atoms with E-state index >= 15 is 0 Å². The Bertz CT molecular complexity index is 197. The molecule has 0 saturated heterocycles. The second kappa shape index (κ2) is 8.51. The van der Waals surface area contributed by atoms with Gasteiger partial charge in [-0.25, -0.2) is 0 Å². The van der Waals surface area contributed by atoms with E-state index in [0.717, 1.165) is 32.1 Å². The highest BCUT2D eigenvalue weighted by Gasteiger charge is 2.13. The molecule has 0 radical (unpaired) electrons. The van der Waals surface area contributed by atoms with E-state index in [2.05, 4.69) is 13.5 Å². The van der Waals surface area contributed by atoms with Crippen LogP contribution in [0.15, 0.2) is 12.2 Å². The first-order chi connectivity index (χ1) is 7.07. The molecule has 1 atom stereocenters. The van der Waals surface area contributed by atoms with Gasteiger partial charge in [0, 0.05) is 0 Å². The number of rotatable bonds is 9. The molecule has 0 spiro atoms. The highest BCUT2D eigenvalue weighted by molar-refractivity contribution is 5.69. The minimum absolute atomic E-state index is 0.133.